The lowest BCUT2D eigenvalue weighted by Gasteiger charge is -2.32. The van der Waals surface area contributed by atoms with Gasteiger partial charge in [0.2, 0.25) is 0 Å². The summed E-state index contributed by atoms with van der Waals surface area (Å²) in [6.07, 6.45) is 5.69. The number of hydrogen-bond acceptors (Lipinski definition) is 3. The first-order valence-corrected chi connectivity index (χ1v) is 7.18. The summed E-state index contributed by atoms with van der Waals surface area (Å²) < 4.78 is 0. The van der Waals surface area contributed by atoms with Crippen molar-refractivity contribution in [3.63, 3.8) is 0 Å². The Hall–Kier alpha value is -1.42. The van der Waals surface area contributed by atoms with Crippen molar-refractivity contribution in [2.75, 3.05) is 6.54 Å². The summed E-state index contributed by atoms with van der Waals surface area (Å²) in [5, 5.41) is 14.6. The second-order valence-corrected chi connectivity index (χ2v) is 5.30. The van der Waals surface area contributed by atoms with Gasteiger partial charge >= 0.3 is 0 Å². The first-order valence-electron chi connectivity index (χ1n) is 7.18. The van der Waals surface area contributed by atoms with Gasteiger partial charge in [-0.25, -0.2) is 0 Å². The van der Waals surface area contributed by atoms with E-state index in [2.05, 4.69) is 12.2 Å². The Morgan fingerprint density at radius 3 is 2.79 bits per heavy atom. The molecule has 19 heavy (non-hydrogen) atoms. The molecule has 2 unspecified atom stereocenters. The Labute approximate surface area is 114 Å². The van der Waals surface area contributed by atoms with E-state index in [1.165, 1.54) is 25.7 Å². The van der Waals surface area contributed by atoms with Crippen LogP contribution in [0.5, 0.6) is 0 Å². The molecule has 1 aromatic carbocycles. The van der Waals surface area contributed by atoms with E-state index in [0.717, 1.165) is 18.5 Å². The van der Waals surface area contributed by atoms with Crippen molar-refractivity contribution >= 4 is 5.69 Å². The van der Waals surface area contributed by atoms with Gasteiger partial charge in [0.05, 0.1) is 4.92 Å². The van der Waals surface area contributed by atoms with Gasteiger partial charge in [-0.05, 0) is 31.7 Å². The Morgan fingerprint density at radius 2 is 2.05 bits per heavy atom. The van der Waals surface area contributed by atoms with Gasteiger partial charge in [0.25, 0.3) is 5.69 Å². The van der Waals surface area contributed by atoms with Gasteiger partial charge in [-0.2, -0.15) is 0 Å². The third-order valence-electron chi connectivity index (χ3n) is 4.05. The minimum Gasteiger partial charge on any atom is -0.314 e. The third kappa shape index (κ3) is 3.53. The molecule has 1 aliphatic carbocycles. The predicted molar refractivity (Wildman–Crippen MR) is 76.2 cm³/mol. The van der Waals surface area contributed by atoms with Crippen molar-refractivity contribution in [1.29, 1.82) is 0 Å². The molecule has 1 N–H and O–H groups in total. The molecule has 1 fully saturated rings. The Bertz CT molecular complexity index is 432. The first-order chi connectivity index (χ1) is 9.22. The molecule has 1 saturated carbocycles. The SMILES string of the molecule is CCNC1CCCCC1Cc1ccccc1[N+](=O)[O-]. The fourth-order valence-electron chi connectivity index (χ4n) is 3.13. The molecule has 0 radical (unpaired) electrons. The van der Waals surface area contributed by atoms with Crippen LogP contribution >= 0.6 is 0 Å². The zero-order chi connectivity index (χ0) is 13.7. The molecular weight excluding hydrogens is 240 g/mol. The highest BCUT2D eigenvalue weighted by Crippen LogP contribution is 2.30. The zero-order valence-electron chi connectivity index (χ0n) is 11.5. The number of nitrogens with zero attached hydrogens (tertiary/aromatic N) is 1. The quantitative estimate of drug-likeness (QED) is 0.654. The standard InChI is InChI=1S/C15H22N2O2/c1-2-16-14-9-5-3-7-12(14)11-13-8-4-6-10-15(13)17(18)19/h4,6,8,10,12,14,16H,2-3,5,7,9,11H2,1H3. The van der Waals surface area contributed by atoms with Crippen molar-refractivity contribution in [2.45, 2.75) is 45.1 Å². The predicted octanol–water partition coefficient (Wildman–Crippen LogP) is 3.31. The summed E-state index contributed by atoms with van der Waals surface area (Å²) in [5.74, 6) is 0.523. The lowest BCUT2D eigenvalue weighted by atomic mass is 9.80. The average molecular weight is 262 g/mol. The van der Waals surface area contributed by atoms with E-state index in [-0.39, 0.29) is 10.6 Å². The Morgan fingerprint density at radius 1 is 1.32 bits per heavy atom. The largest absolute Gasteiger partial charge is 0.314 e. The summed E-state index contributed by atoms with van der Waals surface area (Å²) in [4.78, 5) is 10.8. The topological polar surface area (TPSA) is 55.2 Å². The molecule has 0 aromatic heterocycles. The number of rotatable bonds is 5. The van der Waals surface area contributed by atoms with Gasteiger partial charge in [0.15, 0.2) is 0 Å². The van der Waals surface area contributed by atoms with E-state index < -0.39 is 0 Å². The molecule has 0 saturated heterocycles. The molecule has 4 heteroatoms. The van der Waals surface area contributed by atoms with Crippen LogP contribution in [0.15, 0.2) is 24.3 Å². The van der Waals surface area contributed by atoms with E-state index in [1.54, 1.807) is 12.1 Å². The first kappa shape index (κ1) is 14.0. The maximum Gasteiger partial charge on any atom is 0.272 e. The minimum atomic E-state index is -0.263. The second-order valence-electron chi connectivity index (χ2n) is 5.30. The fraction of sp³-hybridized carbons (Fsp3) is 0.600. The van der Waals surface area contributed by atoms with Gasteiger partial charge < -0.3 is 5.32 Å². The van der Waals surface area contributed by atoms with Crippen LogP contribution in [0.4, 0.5) is 5.69 Å². The fourth-order valence-corrected chi connectivity index (χ4v) is 3.13. The number of hydrogen-bond donors (Lipinski definition) is 1. The lowest BCUT2D eigenvalue weighted by Crippen LogP contribution is -2.39. The molecule has 104 valence electrons. The molecule has 2 atom stereocenters. The van der Waals surface area contributed by atoms with Gasteiger partial charge in [0, 0.05) is 17.7 Å². The van der Waals surface area contributed by atoms with Crippen molar-refractivity contribution in [3.05, 3.63) is 39.9 Å². The smallest absolute Gasteiger partial charge is 0.272 e. The van der Waals surface area contributed by atoms with E-state index in [4.69, 9.17) is 0 Å². The highest BCUT2D eigenvalue weighted by molar-refractivity contribution is 5.40. The lowest BCUT2D eigenvalue weighted by molar-refractivity contribution is -0.385. The van der Waals surface area contributed by atoms with Crippen molar-refractivity contribution in [2.24, 2.45) is 5.92 Å². The summed E-state index contributed by atoms with van der Waals surface area (Å²) in [7, 11) is 0. The van der Waals surface area contributed by atoms with E-state index in [9.17, 15) is 10.1 Å². The molecule has 0 bridgehead atoms. The highest BCUT2D eigenvalue weighted by atomic mass is 16.6. The molecule has 0 amide bonds. The third-order valence-corrected chi connectivity index (χ3v) is 4.05. The maximum absolute atomic E-state index is 11.1. The molecule has 0 spiro atoms. The van der Waals surface area contributed by atoms with Gasteiger partial charge in [-0.15, -0.1) is 0 Å². The molecule has 1 aliphatic rings. The Kier molecular flexibility index (Phi) is 4.91. The maximum atomic E-state index is 11.1. The summed E-state index contributed by atoms with van der Waals surface area (Å²) >= 11 is 0. The van der Waals surface area contributed by atoms with Crippen LogP contribution in [0.2, 0.25) is 0 Å². The summed E-state index contributed by atoms with van der Waals surface area (Å²) in [6.45, 7) is 3.09. The van der Waals surface area contributed by atoms with E-state index in [1.807, 2.05) is 12.1 Å². The van der Waals surface area contributed by atoms with E-state index >= 15 is 0 Å². The van der Waals surface area contributed by atoms with Crippen molar-refractivity contribution in [3.8, 4) is 0 Å². The van der Waals surface area contributed by atoms with Gasteiger partial charge in [0.1, 0.15) is 0 Å². The number of benzene rings is 1. The van der Waals surface area contributed by atoms with Crippen LogP contribution in [0.25, 0.3) is 0 Å². The van der Waals surface area contributed by atoms with E-state index in [0.29, 0.717) is 12.0 Å². The molecule has 1 aromatic rings. The molecule has 0 heterocycles. The van der Waals surface area contributed by atoms with Crippen LogP contribution in [0.1, 0.15) is 38.2 Å². The average Bonchev–Trinajstić information content (AvgIpc) is 2.42. The minimum absolute atomic E-state index is 0.263. The summed E-state index contributed by atoms with van der Waals surface area (Å²) in [6, 6.07) is 7.66. The number of nitrogens with one attached hydrogen (secondary N) is 1. The van der Waals surface area contributed by atoms with Crippen molar-refractivity contribution in [1.82, 2.24) is 5.32 Å². The molecule has 2 rings (SSSR count). The highest BCUT2D eigenvalue weighted by Gasteiger charge is 2.26. The normalized spacial score (nSPS) is 23.2. The van der Waals surface area contributed by atoms with Crippen LogP contribution in [-0.2, 0) is 6.42 Å². The monoisotopic (exact) mass is 262 g/mol. The molecule has 4 nitrogen and oxygen atoms in total. The van der Waals surface area contributed by atoms with Gasteiger partial charge in [-0.3, -0.25) is 10.1 Å². The number of nitro groups is 1. The Balaban J connectivity index is 2.12. The number of nitro benzene ring substituents is 1. The van der Waals surface area contributed by atoms with Crippen molar-refractivity contribution < 1.29 is 4.92 Å². The molecule has 0 aliphatic heterocycles. The van der Waals surface area contributed by atoms with Crippen LogP contribution in [0, 0.1) is 16.0 Å². The molecular formula is C15H22N2O2. The van der Waals surface area contributed by atoms with Crippen LogP contribution < -0.4 is 5.32 Å². The summed E-state index contributed by atoms with van der Waals surface area (Å²) in [5.41, 5.74) is 1.14. The number of para-hydroxylation sites is 1. The zero-order valence-corrected chi connectivity index (χ0v) is 11.5. The van der Waals surface area contributed by atoms with Gasteiger partial charge in [-0.1, -0.05) is 38.0 Å². The van der Waals surface area contributed by atoms with Crippen LogP contribution in [0.3, 0.4) is 0 Å². The van der Waals surface area contributed by atoms with Crippen LogP contribution in [-0.4, -0.2) is 17.5 Å². The second kappa shape index (κ2) is 6.66.